The molecule has 2 amide bonds. The van der Waals surface area contributed by atoms with Crippen LogP contribution < -0.4 is 19.7 Å². The molecule has 1 saturated heterocycles. The Bertz CT molecular complexity index is 1170. The van der Waals surface area contributed by atoms with E-state index in [4.69, 9.17) is 21.7 Å². The Kier molecular flexibility index (Phi) is 6.28. The fourth-order valence-electron chi connectivity index (χ4n) is 3.17. The fraction of sp³-hybridized carbons (Fsp3) is 0.0800. The van der Waals surface area contributed by atoms with Crippen molar-refractivity contribution in [3.8, 4) is 17.2 Å². The number of amides is 2. The van der Waals surface area contributed by atoms with Gasteiger partial charge in [-0.1, -0.05) is 30.3 Å². The van der Waals surface area contributed by atoms with Gasteiger partial charge in [0.2, 0.25) is 0 Å². The zero-order valence-electron chi connectivity index (χ0n) is 17.3. The highest BCUT2D eigenvalue weighted by molar-refractivity contribution is 7.80. The van der Waals surface area contributed by atoms with Gasteiger partial charge in [-0.05, 0) is 79.3 Å². The smallest absolute Gasteiger partial charge is 0.270 e. The predicted octanol–water partition coefficient (Wildman–Crippen LogP) is 4.71. The van der Waals surface area contributed by atoms with Gasteiger partial charge >= 0.3 is 0 Å². The van der Waals surface area contributed by atoms with E-state index in [1.54, 1.807) is 48.5 Å². The molecular weight excluding hydrogens is 424 g/mol. The summed E-state index contributed by atoms with van der Waals surface area (Å²) >= 11 is 5.26. The van der Waals surface area contributed by atoms with E-state index in [1.807, 2.05) is 37.3 Å². The summed E-state index contributed by atoms with van der Waals surface area (Å²) in [6, 6.07) is 23.4. The molecular formula is C25H20N2O4S. The van der Waals surface area contributed by atoms with E-state index in [-0.39, 0.29) is 10.7 Å². The molecule has 1 N–H and O–H groups in total. The maximum atomic E-state index is 13.1. The summed E-state index contributed by atoms with van der Waals surface area (Å²) in [5.74, 6) is 1.01. The van der Waals surface area contributed by atoms with Gasteiger partial charge in [0.15, 0.2) is 5.11 Å². The second kappa shape index (κ2) is 9.45. The van der Waals surface area contributed by atoms with E-state index in [0.717, 1.165) is 5.75 Å². The molecule has 1 fully saturated rings. The lowest BCUT2D eigenvalue weighted by molar-refractivity contribution is -0.122. The quantitative estimate of drug-likeness (QED) is 0.339. The van der Waals surface area contributed by atoms with Crippen molar-refractivity contribution in [1.82, 2.24) is 5.32 Å². The van der Waals surface area contributed by atoms with Gasteiger partial charge in [-0.2, -0.15) is 0 Å². The highest BCUT2D eigenvalue weighted by atomic mass is 32.1. The van der Waals surface area contributed by atoms with E-state index in [9.17, 15) is 9.59 Å². The molecule has 3 aromatic carbocycles. The number of hydrogen-bond donors (Lipinski definition) is 1. The molecule has 0 unspecified atom stereocenters. The first kappa shape index (κ1) is 21.3. The first-order chi connectivity index (χ1) is 15.5. The van der Waals surface area contributed by atoms with E-state index >= 15 is 0 Å². The minimum absolute atomic E-state index is 0.00706. The van der Waals surface area contributed by atoms with E-state index < -0.39 is 11.8 Å². The fourth-order valence-corrected chi connectivity index (χ4v) is 3.45. The maximum Gasteiger partial charge on any atom is 0.270 e. The number of carbonyl (C=O) groups is 2. The molecule has 0 radical (unpaired) electrons. The van der Waals surface area contributed by atoms with Crippen LogP contribution in [0.1, 0.15) is 12.5 Å². The van der Waals surface area contributed by atoms with Crippen molar-refractivity contribution in [3.63, 3.8) is 0 Å². The third-order valence-electron chi connectivity index (χ3n) is 4.68. The maximum absolute atomic E-state index is 13.1. The van der Waals surface area contributed by atoms with Crippen LogP contribution >= 0.6 is 12.2 Å². The van der Waals surface area contributed by atoms with Crippen LogP contribution in [-0.4, -0.2) is 23.5 Å². The number of carbonyl (C=O) groups excluding carboxylic acids is 2. The standard InChI is InChI=1S/C25H20N2O4S/c1-2-30-19-12-8-17(9-13-19)16-22-23(28)26-25(32)27(24(22)29)18-10-14-21(15-11-18)31-20-6-4-3-5-7-20/h3-16H,2H2,1H3,(H,26,28,32)/b22-16+. The molecule has 160 valence electrons. The first-order valence-corrected chi connectivity index (χ1v) is 10.4. The lowest BCUT2D eigenvalue weighted by Crippen LogP contribution is -2.54. The van der Waals surface area contributed by atoms with Crippen molar-refractivity contribution in [3.05, 3.63) is 90.0 Å². The van der Waals surface area contributed by atoms with Crippen LogP contribution in [-0.2, 0) is 9.59 Å². The molecule has 0 spiro atoms. The number of nitrogens with zero attached hydrogens (tertiary/aromatic N) is 1. The number of nitrogens with one attached hydrogen (secondary N) is 1. The molecule has 1 heterocycles. The molecule has 32 heavy (non-hydrogen) atoms. The molecule has 0 saturated carbocycles. The molecule has 3 aromatic rings. The van der Waals surface area contributed by atoms with Crippen molar-refractivity contribution in [2.45, 2.75) is 6.92 Å². The topological polar surface area (TPSA) is 67.9 Å². The number of benzene rings is 3. The van der Waals surface area contributed by atoms with Crippen molar-refractivity contribution in [2.24, 2.45) is 0 Å². The van der Waals surface area contributed by atoms with Gasteiger partial charge in [0, 0.05) is 0 Å². The minimum atomic E-state index is -0.533. The molecule has 0 aromatic heterocycles. The van der Waals surface area contributed by atoms with E-state index in [2.05, 4.69) is 5.32 Å². The van der Waals surface area contributed by atoms with Gasteiger partial charge in [-0.15, -0.1) is 0 Å². The van der Waals surface area contributed by atoms with Gasteiger partial charge in [-0.3, -0.25) is 19.8 Å². The van der Waals surface area contributed by atoms with Crippen LogP contribution in [0, 0.1) is 0 Å². The lowest BCUT2D eigenvalue weighted by Gasteiger charge is -2.29. The Balaban J connectivity index is 1.56. The monoisotopic (exact) mass is 444 g/mol. The molecule has 0 bridgehead atoms. The number of anilines is 1. The first-order valence-electron chi connectivity index (χ1n) is 10.0. The summed E-state index contributed by atoms with van der Waals surface area (Å²) in [7, 11) is 0. The molecule has 7 heteroatoms. The van der Waals surface area contributed by atoms with Crippen molar-refractivity contribution in [1.29, 1.82) is 0 Å². The zero-order valence-corrected chi connectivity index (χ0v) is 18.1. The zero-order chi connectivity index (χ0) is 22.5. The lowest BCUT2D eigenvalue weighted by atomic mass is 10.1. The number of rotatable bonds is 6. The van der Waals surface area contributed by atoms with Crippen LogP contribution in [0.5, 0.6) is 17.2 Å². The van der Waals surface area contributed by atoms with E-state index in [0.29, 0.717) is 29.4 Å². The van der Waals surface area contributed by atoms with E-state index in [1.165, 1.54) is 11.0 Å². The van der Waals surface area contributed by atoms with Crippen LogP contribution in [0.15, 0.2) is 84.4 Å². The second-order valence-corrected chi connectivity index (χ2v) is 7.26. The summed E-state index contributed by atoms with van der Waals surface area (Å²) < 4.78 is 11.2. The summed E-state index contributed by atoms with van der Waals surface area (Å²) in [4.78, 5) is 26.9. The Morgan fingerprint density at radius 1 is 0.875 bits per heavy atom. The second-order valence-electron chi connectivity index (χ2n) is 6.87. The molecule has 1 aliphatic heterocycles. The van der Waals surface area contributed by atoms with Crippen LogP contribution in [0.4, 0.5) is 5.69 Å². The Labute approximate surface area is 191 Å². The third kappa shape index (κ3) is 4.68. The van der Waals surface area contributed by atoms with Gasteiger partial charge < -0.3 is 9.47 Å². The molecule has 6 nitrogen and oxygen atoms in total. The van der Waals surface area contributed by atoms with Crippen molar-refractivity contribution < 1.29 is 19.1 Å². The minimum Gasteiger partial charge on any atom is -0.494 e. The number of ether oxygens (including phenoxy) is 2. The highest BCUT2D eigenvalue weighted by Gasteiger charge is 2.34. The van der Waals surface area contributed by atoms with Crippen LogP contribution in [0.25, 0.3) is 6.08 Å². The van der Waals surface area contributed by atoms with Gasteiger partial charge in [0.05, 0.1) is 12.3 Å². The third-order valence-corrected chi connectivity index (χ3v) is 4.96. The van der Waals surface area contributed by atoms with Gasteiger partial charge in [0.1, 0.15) is 22.8 Å². The summed E-state index contributed by atoms with van der Waals surface area (Å²) in [5.41, 5.74) is 1.22. The SMILES string of the molecule is CCOc1ccc(/C=C2\C(=O)NC(=S)N(c3ccc(Oc4ccccc4)cc3)C2=O)cc1. The Morgan fingerprint density at radius 3 is 2.16 bits per heavy atom. The predicted molar refractivity (Wildman–Crippen MR) is 127 cm³/mol. The Hall–Kier alpha value is -3.97. The molecule has 1 aliphatic rings. The van der Waals surface area contributed by atoms with Crippen molar-refractivity contribution >= 4 is 40.9 Å². The Morgan fingerprint density at radius 2 is 1.50 bits per heavy atom. The molecule has 4 rings (SSSR count). The van der Waals surface area contributed by atoms with Gasteiger partial charge in [-0.25, -0.2) is 0 Å². The number of hydrogen-bond acceptors (Lipinski definition) is 5. The van der Waals surface area contributed by atoms with Gasteiger partial charge in [0.25, 0.3) is 11.8 Å². The molecule has 0 atom stereocenters. The summed E-state index contributed by atoms with van der Waals surface area (Å²) in [5, 5.41) is 2.62. The van der Waals surface area contributed by atoms with Crippen molar-refractivity contribution in [2.75, 3.05) is 11.5 Å². The number of thiocarbonyl (C=S) groups is 1. The number of para-hydroxylation sites is 1. The average Bonchev–Trinajstić information content (AvgIpc) is 2.80. The normalized spacial score (nSPS) is 15.0. The van der Waals surface area contributed by atoms with Crippen LogP contribution in [0.3, 0.4) is 0 Å². The summed E-state index contributed by atoms with van der Waals surface area (Å²) in [6.07, 6.45) is 1.54. The highest BCUT2D eigenvalue weighted by Crippen LogP contribution is 2.27. The van der Waals surface area contributed by atoms with Crippen LogP contribution in [0.2, 0.25) is 0 Å². The molecule has 0 aliphatic carbocycles. The summed E-state index contributed by atoms with van der Waals surface area (Å²) in [6.45, 7) is 2.46. The average molecular weight is 445 g/mol. The largest absolute Gasteiger partial charge is 0.494 e.